The van der Waals surface area contributed by atoms with E-state index in [2.05, 4.69) is 9.98 Å². The Morgan fingerprint density at radius 1 is 1.10 bits per heavy atom. The number of aromatic nitrogens is 1. The number of pyridine rings is 1. The molecule has 8 heteroatoms. The van der Waals surface area contributed by atoms with Gasteiger partial charge in [-0.1, -0.05) is 0 Å². The quantitative estimate of drug-likeness (QED) is 0.237. The average Bonchev–Trinajstić information content (AvgIpc) is 2.69. The number of aliphatic imine (C=N–C) groups is 1. The first-order valence-electron chi connectivity index (χ1n) is 9.09. The molecular formula is C22H21F2N3O2S. The van der Waals surface area contributed by atoms with Crippen LogP contribution in [-0.4, -0.2) is 22.3 Å². The van der Waals surface area contributed by atoms with Crippen molar-refractivity contribution in [3.63, 3.8) is 0 Å². The van der Waals surface area contributed by atoms with Crippen molar-refractivity contribution in [1.29, 1.82) is 0 Å². The molecule has 3 rings (SSSR count). The van der Waals surface area contributed by atoms with Crippen molar-refractivity contribution in [3.05, 3.63) is 82.5 Å². The third-order valence-electron chi connectivity index (χ3n) is 4.28. The van der Waals surface area contributed by atoms with Crippen LogP contribution in [0.1, 0.15) is 22.4 Å². The van der Waals surface area contributed by atoms with E-state index in [0.717, 1.165) is 22.2 Å². The minimum Gasteiger partial charge on any atom is -0.438 e. The molecule has 3 aromatic rings. The number of nitrogens with one attached hydrogen (secondary N) is 1. The first-order chi connectivity index (χ1) is 14.4. The number of hydroxylamine groups is 1. The highest BCUT2D eigenvalue weighted by atomic mass is 32.2. The SMILES string of the molecule is CSc1ccc(Oc2nc(C)ccc2C(=NCc2cc(F)cc(F)c2)NO)cc1C. The molecule has 0 unspecified atom stereocenters. The van der Waals surface area contributed by atoms with E-state index in [1.807, 2.05) is 43.8 Å². The zero-order chi connectivity index (χ0) is 21.7. The molecule has 0 saturated heterocycles. The first-order valence-corrected chi connectivity index (χ1v) is 10.3. The lowest BCUT2D eigenvalue weighted by Gasteiger charge is -2.13. The number of halogens is 2. The lowest BCUT2D eigenvalue weighted by molar-refractivity contribution is 0.234. The zero-order valence-electron chi connectivity index (χ0n) is 16.7. The van der Waals surface area contributed by atoms with Gasteiger partial charge in [0.15, 0.2) is 5.84 Å². The van der Waals surface area contributed by atoms with Gasteiger partial charge >= 0.3 is 0 Å². The molecule has 0 saturated carbocycles. The smallest absolute Gasteiger partial charge is 0.230 e. The highest BCUT2D eigenvalue weighted by Crippen LogP contribution is 2.29. The minimum atomic E-state index is -0.691. The summed E-state index contributed by atoms with van der Waals surface area (Å²) in [5.74, 6) is -0.474. The Labute approximate surface area is 177 Å². The molecule has 1 aromatic heterocycles. The van der Waals surface area contributed by atoms with Gasteiger partial charge in [-0.3, -0.25) is 15.7 Å². The largest absolute Gasteiger partial charge is 0.438 e. The van der Waals surface area contributed by atoms with E-state index in [9.17, 15) is 14.0 Å². The van der Waals surface area contributed by atoms with E-state index in [0.29, 0.717) is 16.9 Å². The van der Waals surface area contributed by atoms with E-state index in [4.69, 9.17) is 4.74 Å². The minimum absolute atomic E-state index is 0.0492. The predicted molar refractivity (Wildman–Crippen MR) is 114 cm³/mol. The van der Waals surface area contributed by atoms with Crippen molar-refractivity contribution in [2.75, 3.05) is 6.26 Å². The topological polar surface area (TPSA) is 66.7 Å². The van der Waals surface area contributed by atoms with Gasteiger partial charge in [0.05, 0.1) is 12.1 Å². The molecule has 1 heterocycles. The molecule has 2 N–H and O–H groups in total. The van der Waals surface area contributed by atoms with Crippen LogP contribution in [-0.2, 0) is 6.54 Å². The lowest BCUT2D eigenvalue weighted by atomic mass is 10.2. The van der Waals surface area contributed by atoms with E-state index < -0.39 is 11.6 Å². The number of hydrogen-bond donors (Lipinski definition) is 2. The van der Waals surface area contributed by atoms with Crippen LogP contribution in [0, 0.1) is 25.5 Å². The molecule has 0 bridgehead atoms. The van der Waals surface area contributed by atoms with Crippen LogP contribution < -0.4 is 10.2 Å². The average molecular weight is 429 g/mol. The number of amidine groups is 1. The van der Waals surface area contributed by atoms with Gasteiger partial charge in [0, 0.05) is 16.7 Å². The lowest BCUT2D eigenvalue weighted by Crippen LogP contribution is -2.22. The van der Waals surface area contributed by atoms with Crippen molar-refractivity contribution in [3.8, 4) is 11.6 Å². The van der Waals surface area contributed by atoms with Gasteiger partial charge in [-0.25, -0.2) is 13.8 Å². The molecule has 0 amide bonds. The summed E-state index contributed by atoms with van der Waals surface area (Å²) in [4.78, 5) is 9.79. The van der Waals surface area contributed by atoms with Gasteiger partial charge in [-0.2, -0.15) is 0 Å². The van der Waals surface area contributed by atoms with Crippen LogP contribution in [0.15, 0.2) is 58.4 Å². The van der Waals surface area contributed by atoms with Crippen molar-refractivity contribution in [1.82, 2.24) is 10.5 Å². The number of rotatable bonds is 6. The summed E-state index contributed by atoms with van der Waals surface area (Å²) in [7, 11) is 0. The van der Waals surface area contributed by atoms with Crippen molar-refractivity contribution in [2.45, 2.75) is 25.3 Å². The Hall–Kier alpha value is -2.97. The molecule has 0 radical (unpaired) electrons. The predicted octanol–water partition coefficient (Wildman–Crippen LogP) is 5.42. The molecule has 2 aromatic carbocycles. The molecule has 0 aliphatic rings. The Morgan fingerprint density at radius 2 is 1.83 bits per heavy atom. The van der Waals surface area contributed by atoms with Gasteiger partial charge < -0.3 is 4.74 Å². The maximum atomic E-state index is 13.4. The maximum Gasteiger partial charge on any atom is 0.230 e. The fraction of sp³-hybridized carbons (Fsp3) is 0.182. The van der Waals surface area contributed by atoms with Crippen molar-refractivity contribution >= 4 is 17.6 Å². The standard InChI is InChI=1S/C22H21F2N3O2S/c1-13-8-18(5-7-20(13)30-3)29-22-19(6-4-14(2)26-22)21(27-28)25-12-15-9-16(23)11-17(24)10-15/h4-11,28H,12H2,1-3H3,(H,25,27). The third kappa shape index (κ3) is 5.34. The molecular weight excluding hydrogens is 408 g/mol. The van der Waals surface area contributed by atoms with Crippen LogP contribution in [0.5, 0.6) is 11.6 Å². The number of aryl methyl sites for hydroxylation is 2. The maximum absolute atomic E-state index is 13.4. The number of thioether (sulfide) groups is 1. The van der Waals surface area contributed by atoms with Gasteiger partial charge in [0.1, 0.15) is 17.4 Å². The fourth-order valence-electron chi connectivity index (χ4n) is 2.87. The summed E-state index contributed by atoms with van der Waals surface area (Å²) in [5.41, 5.74) is 4.55. The van der Waals surface area contributed by atoms with Crippen LogP contribution in [0.25, 0.3) is 0 Å². The molecule has 0 aliphatic heterocycles. The van der Waals surface area contributed by atoms with Crippen LogP contribution in [0.4, 0.5) is 8.78 Å². The molecule has 156 valence electrons. The number of benzene rings is 2. The number of nitrogens with zero attached hydrogens (tertiary/aromatic N) is 2. The second-order valence-electron chi connectivity index (χ2n) is 6.59. The normalized spacial score (nSPS) is 11.5. The second-order valence-corrected chi connectivity index (χ2v) is 7.44. The molecule has 0 fully saturated rings. The number of hydrogen-bond acceptors (Lipinski definition) is 5. The van der Waals surface area contributed by atoms with Gasteiger partial charge in [-0.05, 0) is 73.7 Å². The van der Waals surface area contributed by atoms with E-state index in [1.165, 1.54) is 12.1 Å². The summed E-state index contributed by atoms with van der Waals surface area (Å²) in [5, 5.41) is 9.62. The third-order valence-corrected chi connectivity index (χ3v) is 5.18. The second kappa shape index (κ2) is 9.69. The molecule has 5 nitrogen and oxygen atoms in total. The van der Waals surface area contributed by atoms with E-state index in [-0.39, 0.29) is 18.3 Å². The van der Waals surface area contributed by atoms with Crippen molar-refractivity contribution in [2.24, 2.45) is 4.99 Å². The van der Waals surface area contributed by atoms with Crippen LogP contribution in [0.3, 0.4) is 0 Å². The monoisotopic (exact) mass is 429 g/mol. The Morgan fingerprint density at radius 3 is 2.47 bits per heavy atom. The Balaban J connectivity index is 1.93. The zero-order valence-corrected chi connectivity index (χ0v) is 17.6. The van der Waals surface area contributed by atoms with Crippen LogP contribution >= 0.6 is 11.8 Å². The highest BCUT2D eigenvalue weighted by Gasteiger charge is 2.14. The van der Waals surface area contributed by atoms with Gasteiger partial charge in [0.2, 0.25) is 5.88 Å². The molecule has 0 atom stereocenters. The Kier molecular flexibility index (Phi) is 7.02. The fourth-order valence-corrected chi connectivity index (χ4v) is 3.46. The summed E-state index contributed by atoms with van der Waals surface area (Å²) < 4.78 is 32.8. The molecule has 0 spiro atoms. The Bertz CT molecular complexity index is 1070. The van der Waals surface area contributed by atoms with Crippen molar-refractivity contribution < 1.29 is 18.7 Å². The van der Waals surface area contributed by atoms with Gasteiger partial charge in [0.25, 0.3) is 0 Å². The summed E-state index contributed by atoms with van der Waals surface area (Å²) in [6, 6.07) is 12.3. The number of ether oxygens (including phenoxy) is 1. The van der Waals surface area contributed by atoms with E-state index in [1.54, 1.807) is 23.9 Å². The molecule has 0 aliphatic carbocycles. The summed E-state index contributed by atoms with van der Waals surface area (Å²) in [6.45, 7) is 3.76. The molecule has 30 heavy (non-hydrogen) atoms. The van der Waals surface area contributed by atoms with Gasteiger partial charge in [-0.15, -0.1) is 11.8 Å². The van der Waals surface area contributed by atoms with E-state index >= 15 is 0 Å². The summed E-state index contributed by atoms with van der Waals surface area (Å²) in [6.07, 6.45) is 2.00. The highest BCUT2D eigenvalue weighted by molar-refractivity contribution is 7.98. The van der Waals surface area contributed by atoms with Crippen LogP contribution in [0.2, 0.25) is 0 Å². The first kappa shape index (κ1) is 21.7. The summed E-state index contributed by atoms with van der Waals surface area (Å²) >= 11 is 1.64.